The number of hydrogen-bond acceptors (Lipinski definition) is 2. The van der Waals surface area contributed by atoms with E-state index in [4.69, 9.17) is 23.2 Å². The molecule has 2 heterocycles. The van der Waals surface area contributed by atoms with Crippen LogP contribution < -0.4 is 0 Å². The van der Waals surface area contributed by atoms with E-state index >= 15 is 0 Å². The quantitative estimate of drug-likeness (QED) is 0.760. The van der Waals surface area contributed by atoms with E-state index < -0.39 is 0 Å². The Labute approximate surface area is 128 Å². The van der Waals surface area contributed by atoms with Gasteiger partial charge in [0.15, 0.2) is 0 Å². The van der Waals surface area contributed by atoms with Crippen LogP contribution in [0.15, 0.2) is 24.7 Å². The minimum absolute atomic E-state index is 0.375. The van der Waals surface area contributed by atoms with Gasteiger partial charge in [-0.1, -0.05) is 43.0 Å². The molecule has 1 saturated carbocycles. The number of pyridine rings is 1. The Morgan fingerprint density at radius 3 is 2.75 bits per heavy atom. The van der Waals surface area contributed by atoms with Crippen molar-refractivity contribution < 1.29 is 0 Å². The molecule has 0 unspecified atom stereocenters. The highest BCUT2D eigenvalue weighted by Gasteiger charge is 2.29. The lowest BCUT2D eigenvalue weighted by Crippen LogP contribution is -2.19. The molecule has 0 N–H and O–H groups in total. The second kappa shape index (κ2) is 5.38. The fourth-order valence-electron chi connectivity index (χ4n) is 2.99. The number of halogens is 2. The SMILES string of the molecule is CC1(Cn2cc(-c3cc(Cl)cnc3Cl)cn2)CCCC1. The molecular formula is C15H17Cl2N3. The molecule has 0 amide bonds. The maximum Gasteiger partial charge on any atom is 0.137 e. The second-order valence-electron chi connectivity index (χ2n) is 5.94. The highest BCUT2D eigenvalue weighted by Crippen LogP contribution is 2.39. The third kappa shape index (κ3) is 2.84. The zero-order valence-corrected chi connectivity index (χ0v) is 13.0. The second-order valence-corrected chi connectivity index (χ2v) is 6.73. The molecule has 5 heteroatoms. The molecule has 2 aromatic rings. The summed E-state index contributed by atoms with van der Waals surface area (Å²) in [5, 5.41) is 5.50. The maximum atomic E-state index is 6.13. The van der Waals surface area contributed by atoms with Gasteiger partial charge < -0.3 is 0 Å². The van der Waals surface area contributed by atoms with Gasteiger partial charge in [-0.25, -0.2) is 4.98 Å². The predicted molar refractivity (Wildman–Crippen MR) is 82.1 cm³/mol. The number of aromatic nitrogens is 3. The third-order valence-corrected chi connectivity index (χ3v) is 4.61. The Morgan fingerprint density at radius 1 is 1.25 bits per heavy atom. The van der Waals surface area contributed by atoms with Gasteiger partial charge in [0.25, 0.3) is 0 Å². The summed E-state index contributed by atoms with van der Waals surface area (Å²) in [6.45, 7) is 3.30. The van der Waals surface area contributed by atoms with E-state index in [1.807, 2.05) is 23.1 Å². The molecule has 0 spiro atoms. The molecule has 0 radical (unpaired) electrons. The van der Waals surface area contributed by atoms with Crippen molar-refractivity contribution in [2.45, 2.75) is 39.2 Å². The third-order valence-electron chi connectivity index (χ3n) is 4.10. The largest absolute Gasteiger partial charge is 0.272 e. The van der Waals surface area contributed by atoms with E-state index in [0.717, 1.165) is 17.7 Å². The molecule has 1 fully saturated rings. The first-order chi connectivity index (χ1) is 9.56. The van der Waals surface area contributed by atoms with Gasteiger partial charge >= 0.3 is 0 Å². The number of nitrogens with zero attached hydrogens (tertiary/aromatic N) is 3. The van der Waals surface area contributed by atoms with Gasteiger partial charge in [0.05, 0.1) is 11.2 Å². The molecule has 20 heavy (non-hydrogen) atoms. The lowest BCUT2D eigenvalue weighted by atomic mass is 9.89. The van der Waals surface area contributed by atoms with Crippen LogP contribution in [0.5, 0.6) is 0 Å². The van der Waals surface area contributed by atoms with E-state index in [2.05, 4.69) is 17.0 Å². The van der Waals surface area contributed by atoms with Crippen LogP contribution in [0.1, 0.15) is 32.6 Å². The topological polar surface area (TPSA) is 30.7 Å². The first-order valence-corrected chi connectivity index (χ1v) is 7.65. The summed E-state index contributed by atoms with van der Waals surface area (Å²) in [7, 11) is 0. The summed E-state index contributed by atoms with van der Waals surface area (Å²) in [6, 6.07) is 1.83. The Morgan fingerprint density at radius 2 is 2.00 bits per heavy atom. The molecular weight excluding hydrogens is 293 g/mol. The molecule has 0 saturated heterocycles. The molecule has 1 aliphatic carbocycles. The lowest BCUT2D eigenvalue weighted by molar-refractivity contribution is 0.268. The summed E-state index contributed by atoms with van der Waals surface area (Å²) in [5.74, 6) is 0. The smallest absolute Gasteiger partial charge is 0.137 e. The van der Waals surface area contributed by atoms with Crippen molar-refractivity contribution in [3.8, 4) is 11.1 Å². The average Bonchev–Trinajstić information content (AvgIpc) is 3.02. The van der Waals surface area contributed by atoms with E-state index in [1.165, 1.54) is 25.7 Å². The Balaban J connectivity index is 1.84. The van der Waals surface area contributed by atoms with Crippen LogP contribution in [0.3, 0.4) is 0 Å². The van der Waals surface area contributed by atoms with E-state index in [1.54, 1.807) is 6.20 Å². The van der Waals surface area contributed by atoms with Crippen LogP contribution in [0.4, 0.5) is 0 Å². The first-order valence-electron chi connectivity index (χ1n) is 6.90. The van der Waals surface area contributed by atoms with Gasteiger partial charge in [-0.05, 0) is 24.3 Å². The Hall–Kier alpha value is -1.06. The summed E-state index contributed by atoms with van der Waals surface area (Å²) in [5.41, 5.74) is 2.17. The minimum Gasteiger partial charge on any atom is -0.272 e. The molecule has 3 nitrogen and oxygen atoms in total. The Kier molecular flexibility index (Phi) is 3.74. The van der Waals surface area contributed by atoms with Crippen LogP contribution in [0.2, 0.25) is 10.2 Å². The fourth-order valence-corrected chi connectivity index (χ4v) is 3.36. The summed E-state index contributed by atoms with van der Waals surface area (Å²) >= 11 is 12.1. The summed E-state index contributed by atoms with van der Waals surface area (Å²) < 4.78 is 2.01. The first kappa shape index (κ1) is 13.9. The zero-order chi connectivity index (χ0) is 14.2. The lowest BCUT2D eigenvalue weighted by Gasteiger charge is -2.22. The molecule has 0 atom stereocenters. The molecule has 0 aliphatic heterocycles. The van der Waals surface area contributed by atoms with E-state index in [9.17, 15) is 0 Å². The van der Waals surface area contributed by atoms with Gasteiger partial charge in [0.1, 0.15) is 5.15 Å². The molecule has 0 aromatic carbocycles. The number of rotatable bonds is 3. The molecule has 3 rings (SSSR count). The van der Waals surface area contributed by atoms with Gasteiger partial charge in [0, 0.05) is 30.1 Å². The van der Waals surface area contributed by atoms with Crippen molar-refractivity contribution in [2.75, 3.05) is 0 Å². The fraction of sp³-hybridized carbons (Fsp3) is 0.467. The van der Waals surface area contributed by atoms with Crippen LogP contribution in [-0.2, 0) is 6.54 Å². The van der Waals surface area contributed by atoms with Gasteiger partial charge in [-0.15, -0.1) is 0 Å². The van der Waals surface area contributed by atoms with Crippen LogP contribution >= 0.6 is 23.2 Å². The molecule has 106 valence electrons. The zero-order valence-electron chi connectivity index (χ0n) is 11.4. The minimum atomic E-state index is 0.375. The van der Waals surface area contributed by atoms with E-state index in [-0.39, 0.29) is 0 Å². The van der Waals surface area contributed by atoms with Crippen LogP contribution in [0.25, 0.3) is 11.1 Å². The molecule has 1 aliphatic rings. The van der Waals surface area contributed by atoms with Crippen molar-refractivity contribution in [3.63, 3.8) is 0 Å². The van der Waals surface area contributed by atoms with Crippen LogP contribution in [0, 0.1) is 5.41 Å². The molecule has 2 aromatic heterocycles. The highest BCUT2D eigenvalue weighted by atomic mass is 35.5. The maximum absolute atomic E-state index is 6.13. The van der Waals surface area contributed by atoms with Crippen molar-refractivity contribution in [3.05, 3.63) is 34.8 Å². The van der Waals surface area contributed by atoms with Gasteiger partial charge in [0.2, 0.25) is 0 Å². The molecule has 0 bridgehead atoms. The summed E-state index contributed by atoms with van der Waals surface area (Å²) in [6.07, 6.45) is 10.6. The predicted octanol–water partition coefficient (Wildman–Crippen LogP) is 4.83. The van der Waals surface area contributed by atoms with Gasteiger partial charge in [-0.3, -0.25) is 4.68 Å². The van der Waals surface area contributed by atoms with Crippen molar-refractivity contribution >= 4 is 23.2 Å². The Bertz CT molecular complexity index is 615. The van der Waals surface area contributed by atoms with Gasteiger partial charge in [-0.2, -0.15) is 5.10 Å². The normalized spacial score (nSPS) is 17.6. The van der Waals surface area contributed by atoms with Crippen molar-refractivity contribution in [1.82, 2.24) is 14.8 Å². The van der Waals surface area contributed by atoms with Crippen molar-refractivity contribution in [1.29, 1.82) is 0 Å². The number of hydrogen-bond donors (Lipinski definition) is 0. The van der Waals surface area contributed by atoms with Crippen LogP contribution in [-0.4, -0.2) is 14.8 Å². The monoisotopic (exact) mass is 309 g/mol. The average molecular weight is 310 g/mol. The highest BCUT2D eigenvalue weighted by molar-refractivity contribution is 6.34. The standard InChI is InChI=1S/C15H17Cl2N3/c1-15(4-2-3-5-15)10-20-9-11(7-19-20)13-6-12(16)8-18-14(13)17/h6-9H,2-5,10H2,1H3. The summed E-state index contributed by atoms with van der Waals surface area (Å²) in [4.78, 5) is 4.08. The van der Waals surface area contributed by atoms with Crippen molar-refractivity contribution in [2.24, 2.45) is 5.41 Å². The van der Waals surface area contributed by atoms with E-state index in [0.29, 0.717) is 15.6 Å².